The number of carbonyl (C=O) groups is 1. The Hall–Kier alpha value is -1.91. The summed E-state index contributed by atoms with van der Waals surface area (Å²) in [5, 5.41) is 7.51. The Morgan fingerprint density at radius 1 is 1.54 bits per heavy atom. The highest BCUT2D eigenvalue weighted by Gasteiger charge is 2.06. The summed E-state index contributed by atoms with van der Waals surface area (Å²) in [5.41, 5.74) is 7.48. The minimum Gasteiger partial charge on any atom is -0.399 e. The third-order valence-electron chi connectivity index (χ3n) is 1.77. The number of carbonyl (C=O) groups excluding carboxylic acids is 1. The van der Waals surface area contributed by atoms with E-state index in [-0.39, 0.29) is 5.91 Å². The Labute approximate surface area is 74.1 Å². The molecule has 0 aliphatic carbocycles. The number of benzene rings is 1. The number of hydrogen-bond donors (Lipinski definition) is 1. The van der Waals surface area contributed by atoms with Crippen molar-refractivity contribution in [2.75, 3.05) is 5.73 Å². The number of hydrogen-bond acceptors (Lipinski definition) is 4. The maximum absolute atomic E-state index is 11.0. The van der Waals surface area contributed by atoms with E-state index in [0.717, 1.165) is 0 Å². The number of fused-ring (bicyclic) bond motifs is 1. The summed E-state index contributed by atoms with van der Waals surface area (Å²) in [6.45, 7) is 1.43. The molecule has 1 aromatic heterocycles. The first kappa shape index (κ1) is 7.72. The minimum absolute atomic E-state index is 0.160. The van der Waals surface area contributed by atoms with Crippen molar-refractivity contribution < 1.29 is 4.79 Å². The van der Waals surface area contributed by atoms with Crippen LogP contribution in [0.3, 0.4) is 0 Å². The molecule has 0 aliphatic rings. The highest BCUT2D eigenvalue weighted by atomic mass is 16.2. The zero-order valence-electron chi connectivity index (χ0n) is 7.06. The van der Waals surface area contributed by atoms with Crippen LogP contribution in [0, 0.1) is 0 Å². The average molecular weight is 176 g/mol. The standard InChI is InChI=1S/C8H8N4O/c1-5(13)12-8-3-2-6(9)4-7(8)10-11-12/h2-4H,9H2,1H3. The summed E-state index contributed by atoms with van der Waals surface area (Å²) in [4.78, 5) is 11.0. The van der Waals surface area contributed by atoms with Gasteiger partial charge in [-0.25, -0.2) is 0 Å². The van der Waals surface area contributed by atoms with Gasteiger partial charge in [0.15, 0.2) is 0 Å². The van der Waals surface area contributed by atoms with E-state index in [9.17, 15) is 4.79 Å². The Kier molecular flexibility index (Phi) is 1.51. The van der Waals surface area contributed by atoms with Crippen LogP contribution in [0.5, 0.6) is 0 Å². The molecule has 2 N–H and O–H groups in total. The second kappa shape index (κ2) is 2.55. The van der Waals surface area contributed by atoms with E-state index in [1.165, 1.54) is 11.6 Å². The third-order valence-corrected chi connectivity index (χ3v) is 1.77. The fourth-order valence-corrected chi connectivity index (χ4v) is 1.17. The van der Waals surface area contributed by atoms with Crippen LogP contribution in [0.1, 0.15) is 11.7 Å². The molecule has 0 atom stereocenters. The van der Waals surface area contributed by atoms with Crippen molar-refractivity contribution in [1.29, 1.82) is 0 Å². The fraction of sp³-hybridized carbons (Fsp3) is 0.125. The molecule has 0 saturated carbocycles. The van der Waals surface area contributed by atoms with E-state index in [4.69, 9.17) is 5.73 Å². The van der Waals surface area contributed by atoms with Crippen molar-refractivity contribution in [2.45, 2.75) is 6.92 Å². The van der Waals surface area contributed by atoms with Crippen molar-refractivity contribution in [3.63, 3.8) is 0 Å². The zero-order chi connectivity index (χ0) is 9.42. The topological polar surface area (TPSA) is 73.8 Å². The van der Waals surface area contributed by atoms with E-state index < -0.39 is 0 Å². The summed E-state index contributed by atoms with van der Waals surface area (Å²) in [6.07, 6.45) is 0. The Morgan fingerprint density at radius 3 is 3.00 bits per heavy atom. The zero-order valence-corrected chi connectivity index (χ0v) is 7.06. The molecular weight excluding hydrogens is 168 g/mol. The quantitative estimate of drug-likeness (QED) is 0.599. The molecule has 0 spiro atoms. The molecule has 1 aromatic carbocycles. The summed E-state index contributed by atoms with van der Waals surface area (Å²) in [5.74, 6) is -0.160. The lowest BCUT2D eigenvalue weighted by atomic mass is 10.3. The normalized spacial score (nSPS) is 10.5. The minimum atomic E-state index is -0.160. The van der Waals surface area contributed by atoms with Crippen molar-refractivity contribution in [3.05, 3.63) is 18.2 Å². The van der Waals surface area contributed by atoms with E-state index in [0.29, 0.717) is 16.7 Å². The number of nitrogens with two attached hydrogens (primary N) is 1. The van der Waals surface area contributed by atoms with Gasteiger partial charge in [0.2, 0.25) is 5.91 Å². The van der Waals surface area contributed by atoms with Crippen molar-refractivity contribution >= 4 is 22.6 Å². The maximum Gasteiger partial charge on any atom is 0.245 e. The van der Waals surface area contributed by atoms with Crippen LogP contribution >= 0.6 is 0 Å². The van der Waals surface area contributed by atoms with Gasteiger partial charge >= 0.3 is 0 Å². The largest absolute Gasteiger partial charge is 0.399 e. The van der Waals surface area contributed by atoms with Crippen LogP contribution in [0.2, 0.25) is 0 Å². The molecule has 13 heavy (non-hydrogen) atoms. The Morgan fingerprint density at radius 2 is 2.31 bits per heavy atom. The molecule has 0 amide bonds. The molecule has 2 aromatic rings. The monoisotopic (exact) mass is 176 g/mol. The highest BCUT2D eigenvalue weighted by molar-refractivity contribution is 5.88. The van der Waals surface area contributed by atoms with Gasteiger partial charge in [0.1, 0.15) is 5.52 Å². The Balaban J connectivity index is 2.76. The number of nitrogen functional groups attached to an aromatic ring is 1. The van der Waals surface area contributed by atoms with Crippen LogP contribution in [0.25, 0.3) is 11.0 Å². The second-order valence-corrected chi connectivity index (χ2v) is 2.77. The number of aromatic nitrogens is 3. The average Bonchev–Trinajstić information content (AvgIpc) is 2.46. The van der Waals surface area contributed by atoms with E-state index >= 15 is 0 Å². The molecular formula is C8H8N4O. The van der Waals surface area contributed by atoms with Gasteiger partial charge in [-0.2, -0.15) is 4.68 Å². The number of nitrogens with zero attached hydrogens (tertiary/aromatic N) is 3. The molecule has 66 valence electrons. The molecule has 0 fully saturated rings. The van der Waals surface area contributed by atoms with Crippen molar-refractivity contribution in [3.8, 4) is 0 Å². The van der Waals surface area contributed by atoms with Gasteiger partial charge in [-0.05, 0) is 18.2 Å². The van der Waals surface area contributed by atoms with Crippen molar-refractivity contribution in [1.82, 2.24) is 15.0 Å². The Bertz CT molecular complexity index is 474. The molecule has 0 radical (unpaired) electrons. The maximum atomic E-state index is 11.0. The summed E-state index contributed by atoms with van der Waals surface area (Å²) < 4.78 is 1.24. The molecule has 1 heterocycles. The van der Waals surface area contributed by atoms with Crippen LogP contribution < -0.4 is 5.73 Å². The van der Waals surface area contributed by atoms with E-state index in [1.807, 2.05) is 0 Å². The predicted octanol–water partition coefficient (Wildman–Crippen LogP) is 0.674. The predicted molar refractivity (Wildman–Crippen MR) is 48.2 cm³/mol. The molecule has 5 nitrogen and oxygen atoms in total. The summed E-state index contributed by atoms with van der Waals surface area (Å²) >= 11 is 0. The summed E-state index contributed by atoms with van der Waals surface area (Å²) in [7, 11) is 0. The molecule has 0 bridgehead atoms. The van der Waals surface area contributed by atoms with Gasteiger partial charge in [-0.15, -0.1) is 5.10 Å². The number of rotatable bonds is 0. The van der Waals surface area contributed by atoms with Gasteiger partial charge < -0.3 is 5.73 Å². The van der Waals surface area contributed by atoms with E-state index in [1.54, 1.807) is 18.2 Å². The van der Waals surface area contributed by atoms with E-state index in [2.05, 4.69) is 10.3 Å². The third kappa shape index (κ3) is 1.14. The van der Waals surface area contributed by atoms with Gasteiger partial charge in [-0.3, -0.25) is 4.79 Å². The first-order valence-corrected chi connectivity index (χ1v) is 3.80. The highest BCUT2D eigenvalue weighted by Crippen LogP contribution is 2.13. The fourth-order valence-electron chi connectivity index (χ4n) is 1.17. The lowest BCUT2D eigenvalue weighted by molar-refractivity contribution is 0.0924. The number of anilines is 1. The first-order valence-electron chi connectivity index (χ1n) is 3.80. The van der Waals surface area contributed by atoms with Crippen LogP contribution in [-0.4, -0.2) is 20.9 Å². The molecule has 2 rings (SSSR count). The molecule has 5 heteroatoms. The van der Waals surface area contributed by atoms with Gasteiger partial charge in [0.25, 0.3) is 0 Å². The smallest absolute Gasteiger partial charge is 0.245 e. The SMILES string of the molecule is CC(=O)n1nnc2cc(N)ccc21. The molecule has 0 saturated heterocycles. The van der Waals surface area contributed by atoms with Crippen LogP contribution in [0.4, 0.5) is 5.69 Å². The molecule has 0 aliphatic heterocycles. The van der Waals surface area contributed by atoms with Crippen LogP contribution in [-0.2, 0) is 0 Å². The first-order chi connectivity index (χ1) is 6.18. The van der Waals surface area contributed by atoms with Gasteiger partial charge in [0, 0.05) is 12.6 Å². The van der Waals surface area contributed by atoms with Gasteiger partial charge in [0.05, 0.1) is 5.52 Å². The van der Waals surface area contributed by atoms with Gasteiger partial charge in [-0.1, -0.05) is 5.21 Å². The van der Waals surface area contributed by atoms with Crippen molar-refractivity contribution in [2.24, 2.45) is 0 Å². The lowest BCUT2D eigenvalue weighted by Gasteiger charge is -1.94. The lowest BCUT2D eigenvalue weighted by Crippen LogP contribution is -2.06. The molecule has 0 unspecified atom stereocenters. The van der Waals surface area contributed by atoms with Crippen LogP contribution in [0.15, 0.2) is 18.2 Å². The summed E-state index contributed by atoms with van der Waals surface area (Å²) in [6, 6.07) is 5.12. The second-order valence-electron chi connectivity index (χ2n) is 2.77.